The molecular weight excluding hydrogens is 348 g/mol. The first-order chi connectivity index (χ1) is 11.9. The van der Waals surface area contributed by atoms with E-state index in [9.17, 15) is 0 Å². The SMILES string of the molecule is Cl.c1ccc2c(c1)Sc1ccccc1N2C1(C2CCCCC2)CNC1. The van der Waals surface area contributed by atoms with Gasteiger partial charge in [-0.25, -0.2) is 0 Å². The fourth-order valence-electron chi connectivity index (χ4n) is 4.83. The Balaban J connectivity index is 0.00000157. The lowest BCUT2D eigenvalue weighted by Gasteiger charge is -2.58. The number of nitrogens with one attached hydrogen (secondary N) is 1. The van der Waals surface area contributed by atoms with Crippen LogP contribution in [0.15, 0.2) is 58.3 Å². The van der Waals surface area contributed by atoms with Gasteiger partial charge in [0.2, 0.25) is 0 Å². The topological polar surface area (TPSA) is 15.3 Å². The van der Waals surface area contributed by atoms with Crippen molar-refractivity contribution in [2.45, 2.75) is 47.4 Å². The number of rotatable bonds is 2. The van der Waals surface area contributed by atoms with Crippen LogP contribution in [-0.4, -0.2) is 18.6 Å². The van der Waals surface area contributed by atoms with Gasteiger partial charge in [-0.2, -0.15) is 0 Å². The summed E-state index contributed by atoms with van der Waals surface area (Å²) in [5.74, 6) is 0.803. The Morgan fingerprint density at radius 2 is 1.40 bits per heavy atom. The zero-order valence-electron chi connectivity index (χ0n) is 14.4. The second kappa shape index (κ2) is 6.86. The molecule has 25 heavy (non-hydrogen) atoms. The maximum Gasteiger partial charge on any atom is 0.0728 e. The molecule has 4 heteroatoms. The van der Waals surface area contributed by atoms with Gasteiger partial charge in [-0.3, -0.25) is 0 Å². The third-order valence-electron chi connectivity index (χ3n) is 6.10. The predicted octanol–water partition coefficient (Wildman–Crippen LogP) is 5.63. The zero-order valence-corrected chi connectivity index (χ0v) is 16.0. The molecule has 2 heterocycles. The van der Waals surface area contributed by atoms with Crippen molar-refractivity contribution in [1.29, 1.82) is 0 Å². The average Bonchev–Trinajstić information content (AvgIpc) is 2.61. The van der Waals surface area contributed by atoms with Gasteiger partial charge in [0, 0.05) is 22.9 Å². The van der Waals surface area contributed by atoms with E-state index in [0.29, 0.717) is 0 Å². The molecule has 0 atom stereocenters. The number of benzene rings is 2. The minimum absolute atomic E-state index is 0. The Morgan fingerprint density at radius 1 is 0.840 bits per heavy atom. The first-order valence-electron chi connectivity index (χ1n) is 9.25. The molecule has 0 radical (unpaired) electrons. The standard InChI is InChI=1S/C21H24N2S.ClH/c1-2-8-16(9-3-1)21(14-22-15-21)23-17-10-4-6-12-19(17)24-20-13-7-5-11-18(20)23;/h4-7,10-13,16,22H,1-3,8-9,14-15H2;1H. The van der Waals surface area contributed by atoms with Gasteiger partial charge in [-0.05, 0) is 43.0 Å². The van der Waals surface area contributed by atoms with Gasteiger partial charge in [-0.15, -0.1) is 12.4 Å². The van der Waals surface area contributed by atoms with Crippen LogP contribution in [0, 0.1) is 5.92 Å². The van der Waals surface area contributed by atoms with Gasteiger partial charge in [-0.1, -0.05) is 55.3 Å². The quantitative estimate of drug-likeness (QED) is 0.735. The summed E-state index contributed by atoms with van der Waals surface area (Å²) in [4.78, 5) is 5.51. The molecule has 5 rings (SSSR count). The monoisotopic (exact) mass is 372 g/mol. The van der Waals surface area contributed by atoms with Crippen LogP contribution in [0.2, 0.25) is 0 Å². The van der Waals surface area contributed by atoms with Gasteiger partial charge in [0.25, 0.3) is 0 Å². The van der Waals surface area contributed by atoms with Crippen LogP contribution < -0.4 is 10.2 Å². The van der Waals surface area contributed by atoms with Crippen LogP contribution in [0.4, 0.5) is 11.4 Å². The third-order valence-corrected chi connectivity index (χ3v) is 7.24. The molecule has 0 unspecified atom stereocenters. The molecule has 2 aromatic rings. The first-order valence-corrected chi connectivity index (χ1v) is 10.1. The van der Waals surface area contributed by atoms with E-state index in [1.807, 2.05) is 11.8 Å². The molecule has 1 N–H and O–H groups in total. The summed E-state index contributed by atoms with van der Waals surface area (Å²) in [5, 5.41) is 3.61. The zero-order chi connectivity index (χ0) is 16.0. The second-order valence-corrected chi connectivity index (χ2v) is 8.50. The summed E-state index contributed by atoms with van der Waals surface area (Å²) >= 11 is 1.92. The van der Waals surface area contributed by atoms with Crippen molar-refractivity contribution in [3.8, 4) is 0 Å². The minimum Gasteiger partial charge on any atom is -0.331 e. The summed E-state index contributed by atoms with van der Waals surface area (Å²) in [6, 6.07) is 17.9. The summed E-state index contributed by atoms with van der Waals surface area (Å²) < 4.78 is 0. The summed E-state index contributed by atoms with van der Waals surface area (Å²) in [6.07, 6.45) is 6.99. The van der Waals surface area contributed by atoms with E-state index in [4.69, 9.17) is 0 Å². The summed E-state index contributed by atoms with van der Waals surface area (Å²) in [6.45, 7) is 2.23. The Kier molecular flexibility index (Phi) is 4.74. The molecule has 2 aromatic carbocycles. The van der Waals surface area contributed by atoms with E-state index in [2.05, 4.69) is 58.7 Å². The molecule has 0 aromatic heterocycles. The van der Waals surface area contributed by atoms with E-state index >= 15 is 0 Å². The molecule has 132 valence electrons. The van der Waals surface area contributed by atoms with Crippen LogP contribution in [-0.2, 0) is 0 Å². The lowest BCUT2D eigenvalue weighted by Crippen LogP contribution is -2.72. The maximum atomic E-state index is 3.61. The number of hydrogen-bond acceptors (Lipinski definition) is 3. The normalized spacial score (nSPS) is 21.5. The number of fused-ring (bicyclic) bond motifs is 2. The number of para-hydroxylation sites is 2. The van der Waals surface area contributed by atoms with E-state index < -0.39 is 0 Å². The van der Waals surface area contributed by atoms with Crippen molar-refractivity contribution in [3.63, 3.8) is 0 Å². The summed E-state index contributed by atoms with van der Waals surface area (Å²) in [7, 11) is 0. The summed E-state index contributed by atoms with van der Waals surface area (Å²) in [5.41, 5.74) is 3.08. The molecule has 2 nitrogen and oxygen atoms in total. The predicted molar refractivity (Wildman–Crippen MR) is 109 cm³/mol. The van der Waals surface area contributed by atoms with Crippen molar-refractivity contribution in [1.82, 2.24) is 5.32 Å². The van der Waals surface area contributed by atoms with E-state index in [1.54, 1.807) is 0 Å². The van der Waals surface area contributed by atoms with Crippen molar-refractivity contribution >= 4 is 35.5 Å². The highest BCUT2D eigenvalue weighted by atomic mass is 35.5. The molecule has 1 saturated carbocycles. The van der Waals surface area contributed by atoms with Crippen molar-refractivity contribution in [2.75, 3.05) is 18.0 Å². The molecule has 0 amide bonds. The second-order valence-electron chi connectivity index (χ2n) is 7.41. The van der Waals surface area contributed by atoms with Gasteiger partial charge in [0.1, 0.15) is 0 Å². The Hall–Kier alpha value is -1.16. The fraction of sp³-hybridized carbons (Fsp3) is 0.429. The van der Waals surface area contributed by atoms with Crippen LogP contribution in [0.1, 0.15) is 32.1 Å². The van der Waals surface area contributed by atoms with Crippen molar-refractivity contribution in [3.05, 3.63) is 48.5 Å². The average molecular weight is 373 g/mol. The van der Waals surface area contributed by atoms with Gasteiger partial charge >= 0.3 is 0 Å². The van der Waals surface area contributed by atoms with E-state index in [-0.39, 0.29) is 17.9 Å². The van der Waals surface area contributed by atoms with Crippen LogP contribution in [0.3, 0.4) is 0 Å². The first kappa shape index (κ1) is 17.3. The molecule has 0 bridgehead atoms. The van der Waals surface area contributed by atoms with Crippen LogP contribution in [0.25, 0.3) is 0 Å². The number of nitrogens with zero attached hydrogens (tertiary/aromatic N) is 1. The molecular formula is C21H25ClN2S. The highest BCUT2D eigenvalue weighted by Crippen LogP contribution is 2.54. The number of halogens is 1. The minimum atomic E-state index is 0. The van der Waals surface area contributed by atoms with E-state index in [0.717, 1.165) is 19.0 Å². The smallest absolute Gasteiger partial charge is 0.0728 e. The van der Waals surface area contributed by atoms with Crippen molar-refractivity contribution < 1.29 is 0 Å². The molecule has 2 aliphatic heterocycles. The van der Waals surface area contributed by atoms with Crippen molar-refractivity contribution in [2.24, 2.45) is 5.92 Å². The lowest BCUT2D eigenvalue weighted by molar-refractivity contribution is 0.139. The van der Waals surface area contributed by atoms with Crippen LogP contribution in [0.5, 0.6) is 0 Å². The third kappa shape index (κ3) is 2.68. The fourth-order valence-corrected chi connectivity index (χ4v) is 5.89. The number of hydrogen-bond donors (Lipinski definition) is 1. The lowest BCUT2D eigenvalue weighted by atomic mass is 9.69. The Labute approximate surface area is 160 Å². The Morgan fingerprint density at radius 3 is 1.92 bits per heavy atom. The van der Waals surface area contributed by atoms with E-state index in [1.165, 1.54) is 53.3 Å². The maximum absolute atomic E-state index is 3.61. The number of anilines is 2. The highest BCUT2D eigenvalue weighted by molar-refractivity contribution is 7.99. The molecule has 1 saturated heterocycles. The highest BCUT2D eigenvalue weighted by Gasteiger charge is 2.51. The largest absolute Gasteiger partial charge is 0.331 e. The molecule has 2 fully saturated rings. The van der Waals surface area contributed by atoms with Crippen LogP contribution >= 0.6 is 24.2 Å². The van der Waals surface area contributed by atoms with Gasteiger partial charge in [0.15, 0.2) is 0 Å². The molecule has 1 aliphatic carbocycles. The molecule has 0 spiro atoms. The van der Waals surface area contributed by atoms with Gasteiger partial charge < -0.3 is 10.2 Å². The Bertz CT molecular complexity index is 708. The molecule has 3 aliphatic rings. The van der Waals surface area contributed by atoms with Gasteiger partial charge in [0.05, 0.1) is 16.9 Å².